The summed E-state index contributed by atoms with van der Waals surface area (Å²) in [5.41, 5.74) is 0.506. The molecule has 0 spiro atoms. The van der Waals surface area contributed by atoms with E-state index in [0.717, 1.165) is 10.8 Å². The standard InChI is InChI=1S/C28H16N4O4/c33-25-21-22(26(25)34)31-17-11-3-7-14-8-4-12-18(20(14)17)32-24-23(27(35)28(24)36)30-16-10-2-6-13-5-1-9-15(29-21)19(13)16/h1-12,29-32H. The molecular formula is C28H16N4O4. The first-order chi connectivity index (χ1) is 17.5. The highest BCUT2D eigenvalue weighted by molar-refractivity contribution is 6.09. The van der Waals surface area contributed by atoms with Crippen LogP contribution in [0.15, 0.2) is 92.0 Å². The number of benzene rings is 4. The predicted molar refractivity (Wildman–Crippen MR) is 143 cm³/mol. The van der Waals surface area contributed by atoms with Crippen LogP contribution >= 0.6 is 0 Å². The Balaban J connectivity index is 1.85. The summed E-state index contributed by atoms with van der Waals surface area (Å²) in [6.45, 7) is 0. The van der Waals surface area contributed by atoms with Gasteiger partial charge in [0.25, 0.3) is 21.7 Å². The molecule has 0 amide bonds. The zero-order chi connectivity index (χ0) is 24.6. The highest BCUT2D eigenvalue weighted by Crippen LogP contribution is 2.25. The Hall–Kier alpha value is -5.24. The Morgan fingerprint density at radius 3 is 0.861 bits per heavy atom. The molecule has 8 heteroatoms. The molecule has 0 atom stereocenters. The van der Waals surface area contributed by atoms with Gasteiger partial charge in [0, 0.05) is 32.8 Å². The molecule has 4 N–H and O–H groups in total. The third kappa shape index (κ3) is 2.69. The summed E-state index contributed by atoms with van der Waals surface area (Å²) in [5, 5.41) is 3.09. The molecule has 0 radical (unpaired) electrons. The van der Waals surface area contributed by atoms with E-state index in [0.29, 0.717) is 32.8 Å². The summed E-state index contributed by atoms with van der Waals surface area (Å²) in [4.78, 5) is 63.0. The van der Waals surface area contributed by atoms with E-state index in [1.54, 1.807) is 24.3 Å². The molecule has 0 aliphatic rings. The molecule has 0 unspecified atom stereocenters. The Morgan fingerprint density at radius 2 is 0.611 bits per heavy atom. The van der Waals surface area contributed by atoms with E-state index in [9.17, 15) is 19.2 Å². The Bertz CT molecular complexity index is 2030. The molecule has 0 saturated heterocycles. The number of hydrogen-bond acceptors (Lipinski definition) is 4. The van der Waals surface area contributed by atoms with Gasteiger partial charge in [-0.25, -0.2) is 0 Å². The van der Waals surface area contributed by atoms with Crippen LogP contribution in [0.3, 0.4) is 0 Å². The van der Waals surface area contributed by atoms with Crippen LogP contribution in [0.5, 0.6) is 0 Å². The van der Waals surface area contributed by atoms with Crippen LogP contribution in [0.2, 0.25) is 0 Å². The number of hydrogen-bond donors (Lipinski definition) is 4. The number of aromatic amines is 4. The lowest BCUT2D eigenvalue weighted by Gasteiger charge is -2.07. The quantitative estimate of drug-likeness (QED) is 0.249. The van der Waals surface area contributed by atoms with Crippen LogP contribution in [-0.2, 0) is 0 Å². The van der Waals surface area contributed by atoms with Gasteiger partial charge in [-0.3, -0.25) is 19.2 Å². The van der Waals surface area contributed by atoms with E-state index in [2.05, 4.69) is 19.9 Å². The van der Waals surface area contributed by atoms with Crippen molar-refractivity contribution in [2.24, 2.45) is 0 Å². The molecule has 0 aliphatic heterocycles. The summed E-state index contributed by atoms with van der Waals surface area (Å²) in [5.74, 6) is 0. The Labute approximate surface area is 199 Å². The molecule has 7 rings (SSSR count). The second kappa shape index (κ2) is 7.13. The van der Waals surface area contributed by atoms with Gasteiger partial charge in [0.1, 0.15) is 22.1 Å². The first-order valence-corrected chi connectivity index (χ1v) is 11.3. The summed E-state index contributed by atoms with van der Waals surface area (Å²) >= 11 is 0. The molecule has 0 bridgehead atoms. The van der Waals surface area contributed by atoms with Crippen molar-refractivity contribution in [3.05, 3.63) is 114 Å². The number of nitrogens with one attached hydrogen (secondary N) is 4. The van der Waals surface area contributed by atoms with Gasteiger partial charge in [0.2, 0.25) is 0 Å². The molecule has 1 heterocycles. The van der Waals surface area contributed by atoms with Gasteiger partial charge in [-0.15, -0.1) is 0 Å². The number of aromatic nitrogens is 4. The predicted octanol–water partition coefficient (Wildman–Crippen LogP) is 3.92. The van der Waals surface area contributed by atoms with Gasteiger partial charge in [-0.1, -0.05) is 48.5 Å². The average molecular weight is 472 g/mol. The molecule has 0 fully saturated rings. The zero-order valence-corrected chi connectivity index (χ0v) is 18.6. The van der Waals surface area contributed by atoms with Crippen molar-refractivity contribution in [1.82, 2.24) is 19.9 Å². The van der Waals surface area contributed by atoms with Crippen LogP contribution in [0.1, 0.15) is 0 Å². The summed E-state index contributed by atoms with van der Waals surface area (Å²) in [6.07, 6.45) is 0. The molecule has 1 aromatic heterocycles. The van der Waals surface area contributed by atoms with Crippen LogP contribution in [0.25, 0.3) is 65.7 Å². The second-order valence-corrected chi connectivity index (χ2v) is 8.74. The minimum absolute atomic E-state index is 0.164. The lowest BCUT2D eigenvalue weighted by Crippen LogP contribution is -2.32. The zero-order valence-electron chi connectivity index (χ0n) is 18.6. The lowest BCUT2D eigenvalue weighted by molar-refractivity contribution is 1.34. The van der Waals surface area contributed by atoms with E-state index >= 15 is 0 Å². The number of rotatable bonds is 0. The fourth-order valence-electron chi connectivity index (χ4n) is 4.90. The highest BCUT2D eigenvalue weighted by atomic mass is 16.2. The van der Waals surface area contributed by atoms with Gasteiger partial charge in [0.15, 0.2) is 0 Å². The summed E-state index contributed by atoms with van der Waals surface area (Å²) < 4.78 is 0. The fourth-order valence-corrected chi connectivity index (χ4v) is 4.90. The number of H-pyrrole nitrogens is 4. The van der Waals surface area contributed by atoms with Crippen LogP contribution in [0.4, 0.5) is 0 Å². The highest BCUT2D eigenvalue weighted by Gasteiger charge is 2.15. The van der Waals surface area contributed by atoms with Crippen molar-refractivity contribution < 1.29 is 0 Å². The monoisotopic (exact) mass is 472 g/mol. The molecule has 172 valence electrons. The molecule has 0 aliphatic carbocycles. The van der Waals surface area contributed by atoms with Gasteiger partial charge < -0.3 is 19.9 Å². The topological polar surface area (TPSA) is 131 Å². The normalized spacial score (nSPS) is 11.8. The summed E-state index contributed by atoms with van der Waals surface area (Å²) in [6, 6.07) is 22.1. The SMILES string of the molecule is O=c1c(=O)c2[nH]c3cccc4cccc([nH]c5c(=O)c(=O)c5[nH]c5cccc6cccc([nH]c12)c65)c43. The van der Waals surface area contributed by atoms with Crippen LogP contribution < -0.4 is 21.7 Å². The van der Waals surface area contributed by atoms with Gasteiger partial charge >= 0.3 is 0 Å². The maximum atomic E-state index is 12.6. The molecule has 0 saturated carbocycles. The molecule has 8 nitrogen and oxygen atoms in total. The van der Waals surface area contributed by atoms with E-state index in [4.69, 9.17) is 0 Å². The average Bonchev–Trinajstić information content (AvgIpc) is 2.91. The van der Waals surface area contributed by atoms with Crippen molar-refractivity contribution in [2.45, 2.75) is 0 Å². The third-order valence-electron chi connectivity index (χ3n) is 6.67. The minimum Gasteiger partial charge on any atom is -0.350 e. The van der Waals surface area contributed by atoms with E-state index in [1.165, 1.54) is 0 Å². The van der Waals surface area contributed by atoms with Crippen LogP contribution in [0, 0.1) is 0 Å². The fraction of sp³-hybridized carbons (Fsp3) is 0. The smallest absolute Gasteiger partial charge is 0.253 e. The van der Waals surface area contributed by atoms with Crippen LogP contribution in [-0.4, -0.2) is 19.9 Å². The van der Waals surface area contributed by atoms with Crippen molar-refractivity contribution in [1.29, 1.82) is 0 Å². The second-order valence-electron chi connectivity index (χ2n) is 8.74. The van der Waals surface area contributed by atoms with Gasteiger partial charge in [0.05, 0.1) is 0 Å². The van der Waals surface area contributed by atoms with Crippen molar-refractivity contribution in [3.8, 4) is 0 Å². The molecule has 36 heavy (non-hydrogen) atoms. The van der Waals surface area contributed by atoms with Gasteiger partial charge in [-0.2, -0.15) is 0 Å². The summed E-state index contributed by atoms with van der Waals surface area (Å²) in [7, 11) is 0. The maximum Gasteiger partial charge on any atom is 0.253 e. The first-order valence-electron chi connectivity index (χ1n) is 11.3. The molecular weight excluding hydrogens is 456 g/mol. The van der Waals surface area contributed by atoms with E-state index in [-0.39, 0.29) is 22.1 Å². The number of fused-ring (bicyclic) bond motifs is 2. The van der Waals surface area contributed by atoms with Gasteiger partial charge in [-0.05, 0) is 35.0 Å². The van der Waals surface area contributed by atoms with Crippen molar-refractivity contribution in [2.75, 3.05) is 0 Å². The Kier molecular flexibility index (Phi) is 3.99. The largest absolute Gasteiger partial charge is 0.350 e. The maximum absolute atomic E-state index is 12.6. The Morgan fingerprint density at radius 1 is 0.361 bits per heavy atom. The van der Waals surface area contributed by atoms with Crippen molar-refractivity contribution >= 4 is 65.7 Å². The minimum atomic E-state index is -0.615. The first kappa shape index (κ1) is 20.2. The lowest BCUT2D eigenvalue weighted by atomic mass is 10.1. The van der Waals surface area contributed by atoms with E-state index in [1.807, 2.05) is 48.5 Å². The molecule has 6 aromatic carbocycles. The van der Waals surface area contributed by atoms with Crippen molar-refractivity contribution in [3.63, 3.8) is 0 Å². The third-order valence-corrected chi connectivity index (χ3v) is 6.67. The van der Waals surface area contributed by atoms with E-state index < -0.39 is 21.7 Å². The molecule has 7 aromatic rings.